The molecule has 0 unspecified atom stereocenters. The van der Waals surface area contributed by atoms with Gasteiger partial charge in [-0.15, -0.1) is 0 Å². The molecule has 0 radical (unpaired) electrons. The van der Waals surface area contributed by atoms with Crippen LogP contribution in [0, 0.1) is 32.4 Å². The minimum atomic E-state index is -1.40. The number of anilines is 1. The molecule has 0 aliphatic carbocycles. The molecule has 5 nitrogen and oxygen atoms in total. The van der Waals surface area contributed by atoms with Crippen molar-refractivity contribution in [2.45, 2.75) is 59.8 Å². The Labute approximate surface area is 192 Å². The van der Waals surface area contributed by atoms with Gasteiger partial charge in [-0.3, -0.25) is 0 Å². The smallest absolute Gasteiger partial charge is 0.337 e. The molecular weight excluding hydrogens is 426 g/mol. The number of carboxylic acids is 1. The van der Waals surface area contributed by atoms with Crippen LogP contribution in [-0.4, -0.2) is 34.8 Å². The highest BCUT2D eigenvalue weighted by molar-refractivity contribution is 6.07. The molecule has 0 bridgehead atoms. The number of aryl methyl sites for hydroxylation is 2. The highest BCUT2D eigenvalue weighted by Gasteiger charge is 2.36. The third-order valence-electron chi connectivity index (χ3n) is 6.26. The molecule has 33 heavy (non-hydrogen) atoms. The summed E-state index contributed by atoms with van der Waals surface area (Å²) in [6, 6.07) is 4.45. The van der Waals surface area contributed by atoms with Crippen molar-refractivity contribution in [2.75, 3.05) is 18.5 Å². The monoisotopic (exact) mass is 456 g/mol. The molecule has 176 valence electrons. The lowest BCUT2D eigenvalue weighted by molar-refractivity contribution is -0.160. The second-order valence-corrected chi connectivity index (χ2v) is 9.94. The molecule has 1 aliphatic rings. The number of aromatic nitrogens is 1. The molecule has 4 rings (SSSR count). The second-order valence-electron chi connectivity index (χ2n) is 9.94. The lowest BCUT2D eigenvalue weighted by Crippen LogP contribution is -2.31. The summed E-state index contributed by atoms with van der Waals surface area (Å²) in [6.07, 6.45) is -1.40. The van der Waals surface area contributed by atoms with Gasteiger partial charge in [0.05, 0.1) is 22.4 Å². The SMILES string of the molecule is Cc1cc(F)c(-c2c([C@H](OC(C)(C)C)C(=O)O)c(C)c3c4c2cc(C)n4CCN3C)c(F)c1. The van der Waals surface area contributed by atoms with Gasteiger partial charge in [0.25, 0.3) is 0 Å². The van der Waals surface area contributed by atoms with Crippen LogP contribution in [0.3, 0.4) is 0 Å². The number of hydrogen-bond acceptors (Lipinski definition) is 3. The van der Waals surface area contributed by atoms with E-state index in [0.717, 1.165) is 30.0 Å². The Bertz CT molecular complexity index is 1260. The van der Waals surface area contributed by atoms with E-state index in [-0.39, 0.29) is 16.7 Å². The Balaban J connectivity index is 2.23. The molecule has 0 saturated carbocycles. The molecule has 2 aromatic carbocycles. The van der Waals surface area contributed by atoms with Crippen LogP contribution in [0.2, 0.25) is 0 Å². The predicted molar refractivity (Wildman–Crippen MR) is 126 cm³/mol. The zero-order valence-corrected chi connectivity index (χ0v) is 20.1. The van der Waals surface area contributed by atoms with Gasteiger partial charge >= 0.3 is 5.97 Å². The first-order valence-corrected chi connectivity index (χ1v) is 11.1. The molecule has 0 fully saturated rings. The number of carbonyl (C=O) groups is 1. The average Bonchev–Trinajstić information content (AvgIpc) is 3.00. The Kier molecular flexibility index (Phi) is 5.52. The largest absolute Gasteiger partial charge is 0.479 e. The third-order valence-corrected chi connectivity index (χ3v) is 6.26. The number of ether oxygens (including phenoxy) is 1. The molecular formula is C26H30F2N2O3. The van der Waals surface area contributed by atoms with E-state index < -0.39 is 29.3 Å². The average molecular weight is 457 g/mol. The first kappa shape index (κ1) is 23.2. The fourth-order valence-corrected chi connectivity index (χ4v) is 5.00. The standard InChI is InChI=1S/C26H30F2N2O3/c1-13-10-17(27)21(18(28)11-13)20-16-12-14(2)30-9-8-29(7)22(23(16)30)15(3)19(20)24(25(31)32)33-26(4,5)6/h10-12,24H,8-9H2,1-7H3,(H,31,32)/t24-/m0/s1. The Hall–Kier alpha value is -2.93. The van der Waals surface area contributed by atoms with E-state index in [1.807, 2.05) is 27.0 Å². The molecule has 1 N–H and O–H groups in total. The van der Waals surface area contributed by atoms with E-state index in [4.69, 9.17) is 4.74 Å². The van der Waals surface area contributed by atoms with Crippen molar-refractivity contribution in [3.05, 3.63) is 52.2 Å². The van der Waals surface area contributed by atoms with Gasteiger partial charge in [-0.2, -0.15) is 0 Å². The molecule has 0 saturated heterocycles. The summed E-state index contributed by atoms with van der Waals surface area (Å²) in [5.74, 6) is -2.65. The molecule has 3 aromatic rings. The van der Waals surface area contributed by atoms with Crippen LogP contribution in [0.25, 0.3) is 22.0 Å². The van der Waals surface area contributed by atoms with Crippen LogP contribution >= 0.6 is 0 Å². The summed E-state index contributed by atoms with van der Waals surface area (Å²) < 4.78 is 38.9. The molecule has 1 atom stereocenters. The highest BCUT2D eigenvalue weighted by atomic mass is 19.1. The van der Waals surface area contributed by atoms with Gasteiger partial charge in [0.1, 0.15) is 11.6 Å². The second kappa shape index (κ2) is 7.83. The quantitative estimate of drug-likeness (QED) is 0.531. The first-order chi connectivity index (χ1) is 15.3. The van der Waals surface area contributed by atoms with E-state index in [9.17, 15) is 9.90 Å². The summed E-state index contributed by atoms with van der Waals surface area (Å²) in [5, 5.41) is 10.8. The number of benzene rings is 2. The summed E-state index contributed by atoms with van der Waals surface area (Å²) in [4.78, 5) is 14.6. The summed E-state index contributed by atoms with van der Waals surface area (Å²) >= 11 is 0. The number of rotatable bonds is 4. The van der Waals surface area contributed by atoms with Gasteiger partial charge in [-0.1, -0.05) is 0 Å². The van der Waals surface area contributed by atoms with Crippen molar-refractivity contribution in [2.24, 2.45) is 0 Å². The van der Waals surface area contributed by atoms with Crippen molar-refractivity contribution < 1.29 is 23.4 Å². The maximum atomic E-state index is 15.4. The van der Waals surface area contributed by atoms with Crippen LogP contribution in [0.1, 0.15) is 49.3 Å². The Morgan fingerprint density at radius 1 is 1.06 bits per heavy atom. The van der Waals surface area contributed by atoms with Gasteiger partial charge in [0, 0.05) is 42.3 Å². The molecule has 7 heteroatoms. The Morgan fingerprint density at radius 3 is 2.21 bits per heavy atom. The first-order valence-electron chi connectivity index (χ1n) is 11.1. The van der Waals surface area contributed by atoms with Crippen LogP contribution < -0.4 is 4.90 Å². The normalized spacial score (nSPS) is 14.8. The van der Waals surface area contributed by atoms with Crippen LogP contribution in [-0.2, 0) is 16.1 Å². The fourth-order valence-electron chi connectivity index (χ4n) is 5.00. The molecule has 2 heterocycles. The van der Waals surface area contributed by atoms with Gasteiger partial charge in [0.2, 0.25) is 0 Å². The van der Waals surface area contributed by atoms with Crippen molar-refractivity contribution in [1.82, 2.24) is 4.57 Å². The maximum Gasteiger partial charge on any atom is 0.337 e. The van der Waals surface area contributed by atoms with Crippen LogP contribution in [0.4, 0.5) is 14.5 Å². The van der Waals surface area contributed by atoms with Gasteiger partial charge in [-0.05, 0) is 70.9 Å². The highest BCUT2D eigenvalue weighted by Crippen LogP contribution is 2.48. The van der Waals surface area contributed by atoms with E-state index in [0.29, 0.717) is 16.5 Å². The number of carboxylic acid groups (broad SMARTS) is 1. The van der Waals surface area contributed by atoms with Crippen molar-refractivity contribution >= 4 is 22.6 Å². The minimum Gasteiger partial charge on any atom is -0.479 e. The summed E-state index contributed by atoms with van der Waals surface area (Å²) in [6.45, 7) is 12.2. The number of nitrogens with zero attached hydrogens (tertiary/aromatic N) is 2. The van der Waals surface area contributed by atoms with Crippen molar-refractivity contribution in [3.63, 3.8) is 0 Å². The molecule has 0 spiro atoms. The van der Waals surface area contributed by atoms with E-state index in [1.165, 1.54) is 12.1 Å². The van der Waals surface area contributed by atoms with Crippen molar-refractivity contribution in [1.29, 1.82) is 0 Å². The van der Waals surface area contributed by atoms with Gasteiger partial charge < -0.3 is 19.3 Å². The van der Waals surface area contributed by atoms with E-state index in [1.54, 1.807) is 27.7 Å². The summed E-state index contributed by atoms with van der Waals surface area (Å²) in [5.41, 5.74) is 3.29. The summed E-state index contributed by atoms with van der Waals surface area (Å²) in [7, 11) is 1.95. The lowest BCUT2D eigenvalue weighted by atomic mass is 9.86. The predicted octanol–water partition coefficient (Wildman–Crippen LogP) is 5.90. The molecule has 0 amide bonds. The Morgan fingerprint density at radius 2 is 1.67 bits per heavy atom. The minimum absolute atomic E-state index is 0.223. The molecule has 1 aliphatic heterocycles. The number of hydrogen-bond donors (Lipinski definition) is 1. The maximum absolute atomic E-state index is 15.4. The topological polar surface area (TPSA) is 54.7 Å². The molecule has 1 aromatic heterocycles. The number of halogens is 2. The zero-order chi connectivity index (χ0) is 24.4. The van der Waals surface area contributed by atoms with E-state index >= 15 is 8.78 Å². The third kappa shape index (κ3) is 3.78. The van der Waals surface area contributed by atoms with Gasteiger partial charge in [0.15, 0.2) is 6.10 Å². The van der Waals surface area contributed by atoms with Crippen molar-refractivity contribution in [3.8, 4) is 11.1 Å². The van der Waals surface area contributed by atoms with Gasteiger partial charge in [-0.25, -0.2) is 13.6 Å². The number of likely N-dealkylation sites (N-methyl/N-ethyl adjacent to an activating group) is 1. The fraction of sp³-hybridized carbons (Fsp3) is 0.423. The van der Waals surface area contributed by atoms with Crippen LogP contribution in [0.15, 0.2) is 18.2 Å². The number of aliphatic carboxylic acids is 1. The van der Waals surface area contributed by atoms with Crippen LogP contribution in [0.5, 0.6) is 0 Å². The lowest BCUT2D eigenvalue weighted by Gasteiger charge is -2.34. The zero-order valence-electron chi connectivity index (χ0n) is 20.1. The van der Waals surface area contributed by atoms with E-state index in [2.05, 4.69) is 9.47 Å².